The third-order valence-electron chi connectivity index (χ3n) is 2.79. The van der Waals surface area contributed by atoms with Gasteiger partial charge >= 0.3 is 0 Å². The summed E-state index contributed by atoms with van der Waals surface area (Å²) in [4.78, 5) is 21.2. The first-order valence-corrected chi connectivity index (χ1v) is 7.48. The molecule has 0 aliphatic carbocycles. The van der Waals surface area contributed by atoms with E-state index in [2.05, 4.69) is 25.3 Å². The highest BCUT2D eigenvalue weighted by molar-refractivity contribution is 7.80. The van der Waals surface area contributed by atoms with Gasteiger partial charge in [0.1, 0.15) is 5.02 Å². The first kappa shape index (κ1) is 19.3. The summed E-state index contributed by atoms with van der Waals surface area (Å²) < 4.78 is 0. The molecule has 0 atom stereocenters. The molecule has 0 amide bonds. The smallest absolute Gasteiger partial charge is 0.258 e. The van der Waals surface area contributed by atoms with Gasteiger partial charge in [-0.1, -0.05) is 11.6 Å². The molecular formula is C14H13ClN2O4S2. The Balaban J connectivity index is 0.000000231. The molecule has 0 aliphatic heterocycles. The van der Waals surface area contributed by atoms with Crippen LogP contribution < -0.4 is 0 Å². The van der Waals surface area contributed by atoms with Crippen molar-refractivity contribution in [2.45, 2.75) is 23.6 Å². The van der Waals surface area contributed by atoms with Crippen molar-refractivity contribution in [2.75, 3.05) is 0 Å². The van der Waals surface area contributed by atoms with Crippen molar-refractivity contribution in [2.24, 2.45) is 0 Å². The minimum Gasteiger partial charge on any atom is -0.258 e. The average molecular weight is 373 g/mol. The molecule has 9 heteroatoms. The Morgan fingerprint density at radius 1 is 0.913 bits per heavy atom. The van der Waals surface area contributed by atoms with Gasteiger partial charge in [0.15, 0.2) is 0 Å². The van der Waals surface area contributed by atoms with Crippen molar-refractivity contribution in [3.63, 3.8) is 0 Å². The van der Waals surface area contributed by atoms with E-state index in [1.165, 1.54) is 18.2 Å². The van der Waals surface area contributed by atoms with Crippen LogP contribution in [0.5, 0.6) is 0 Å². The van der Waals surface area contributed by atoms with Crippen molar-refractivity contribution in [3.8, 4) is 0 Å². The van der Waals surface area contributed by atoms with Crippen LogP contribution in [-0.4, -0.2) is 9.85 Å². The number of aryl methyl sites for hydroxylation is 2. The van der Waals surface area contributed by atoms with E-state index in [1.54, 1.807) is 26.0 Å². The van der Waals surface area contributed by atoms with Crippen LogP contribution in [-0.2, 0) is 0 Å². The highest BCUT2D eigenvalue weighted by atomic mass is 35.5. The van der Waals surface area contributed by atoms with Gasteiger partial charge in [0.25, 0.3) is 11.4 Å². The molecule has 0 spiro atoms. The second-order valence-electron chi connectivity index (χ2n) is 4.58. The first-order chi connectivity index (χ1) is 10.6. The number of nitro benzene ring substituents is 2. The largest absolute Gasteiger partial charge is 0.287 e. The molecule has 0 bridgehead atoms. The van der Waals surface area contributed by atoms with Crippen molar-refractivity contribution < 1.29 is 9.85 Å². The molecule has 0 radical (unpaired) electrons. The maximum atomic E-state index is 10.5. The summed E-state index contributed by atoms with van der Waals surface area (Å²) in [5.74, 6) is 0. The fraction of sp³-hybridized carbons (Fsp3) is 0.143. The van der Waals surface area contributed by atoms with E-state index in [4.69, 9.17) is 11.6 Å². The normalized spacial score (nSPS) is 9.78. The lowest BCUT2D eigenvalue weighted by Crippen LogP contribution is -1.94. The molecule has 0 N–H and O–H groups in total. The number of halogens is 1. The Morgan fingerprint density at radius 2 is 1.43 bits per heavy atom. The highest BCUT2D eigenvalue weighted by Gasteiger charge is 2.14. The Kier molecular flexibility index (Phi) is 6.86. The number of benzene rings is 2. The van der Waals surface area contributed by atoms with Crippen molar-refractivity contribution in [1.82, 2.24) is 0 Å². The molecular weight excluding hydrogens is 360 g/mol. The lowest BCUT2D eigenvalue weighted by molar-refractivity contribution is -0.386. The number of hydrogen-bond acceptors (Lipinski definition) is 6. The lowest BCUT2D eigenvalue weighted by atomic mass is 10.1. The average Bonchev–Trinajstić information content (AvgIpc) is 2.36. The minimum atomic E-state index is -0.532. The van der Waals surface area contributed by atoms with Crippen LogP contribution in [0, 0.1) is 34.1 Å². The Morgan fingerprint density at radius 3 is 1.83 bits per heavy atom. The van der Waals surface area contributed by atoms with E-state index >= 15 is 0 Å². The summed E-state index contributed by atoms with van der Waals surface area (Å²) in [6.45, 7) is 3.43. The summed E-state index contributed by atoms with van der Waals surface area (Å²) in [5.41, 5.74) is 1.41. The number of nitro groups is 2. The minimum absolute atomic E-state index is 0.0931. The molecule has 6 nitrogen and oxygen atoms in total. The van der Waals surface area contributed by atoms with Gasteiger partial charge < -0.3 is 0 Å². The summed E-state index contributed by atoms with van der Waals surface area (Å²) in [6, 6.07) is 7.66. The Labute approximate surface area is 148 Å². The molecule has 2 aromatic rings. The number of rotatable bonds is 2. The number of thiol groups is 2. The lowest BCUT2D eigenvalue weighted by Gasteiger charge is -2.01. The molecule has 0 aliphatic rings. The summed E-state index contributed by atoms with van der Waals surface area (Å²) in [7, 11) is 0. The zero-order chi connectivity index (χ0) is 17.7. The second-order valence-corrected chi connectivity index (χ2v) is 6.02. The topological polar surface area (TPSA) is 86.3 Å². The zero-order valence-corrected chi connectivity index (χ0v) is 14.7. The van der Waals surface area contributed by atoms with Gasteiger partial charge in [-0.25, -0.2) is 0 Å². The van der Waals surface area contributed by atoms with Crippen molar-refractivity contribution in [1.29, 1.82) is 0 Å². The van der Waals surface area contributed by atoms with E-state index < -0.39 is 4.92 Å². The molecule has 0 aromatic heterocycles. The molecule has 2 rings (SSSR count). The third kappa shape index (κ3) is 5.42. The standard InChI is InChI=1S/C8H9NO2S.C6H4ClNO2S/c1-5-3-7(12)4-6(2)8(5)9(10)11;7-5-3-4(11)1-2-6(5)8(9)10/h3-4,12H,1-2H3;1-3,11H. The van der Waals surface area contributed by atoms with E-state index in [9.17, 15) is 20.2 Å². The molecule has 0 fully saturated rings. The van der Waals surface area contributed by atoms with Gasteiger partial charge in [-0.05, 0) is 38.1 Å². The quantitative estimate of drug-likeness (QED) is 0.439. The van der Waals surface area contributed by atoms with Crippen LogP contribution in [0.3, 0.4) is 0 Å². The van der Waals surface area contributed by atoms with E-state index in [1.807, 2.05) is 0 Å². The zero-order valence-electron chi connectivity index (χ0n) is 12.2. The fourth-order valence-electron chi connectivity index (χ4n) is 1.86. The van der Waals surface area contributed by atoms with Crippen molar-refractivity contribution >= 4 is 48.2 Å². The molecule has 23 heavy (non-hydrogen) atoms. The summed E-state index contributed by atoms with van der Waals surface area (Å²) in [6.07, 6.45) is 0. The third-order valence-corrected chi connectivity index (χ3v) is 3.63. The molecule has 0 unspecified atom stereocenters. The van der Waals surface area contributed by atoms with Gasteiger partial charge in [-0.3, -0.25) is 20.2 Å². The number of hydrogen-bond donors (Lipinski definition) is 2. The summed E-state index contributed by atoms with van der Waals surface area (Å²) in [5, 5.41) is 20.9. The fourth-order valence-corrected chi connectivity index (χ4v) is 2.78. The van der Waals surface area contributed by atoms with Crippen LogP contribution in [0.2, 0.25) is 5.02 Å². The van der Waals surface area contributed by atoms with E-state index in [0.29, 0.717) is 16.0 Å². The predicted molar refractivity (Wildman–Crippen MR) is 95.2 cm³/mol. The van der Waals surface area contributed by atoms with Gasteiger partial charge in [0, 0.05) is 27.0 Å². The van der Waals surface area contributed by atoms with E-state index in [-0.39, 0.29) is 21.3 Å². The SMILES string of the molecule is Cc1cc(S)cc(C)c1[N+](=O)[O-].O=[N+]([O-])c1ccc(S)cc1Cl. The molecule has 0 saturated carbocycles. The van der Waals surface area contributed by atoms with E-state index in [0.717, 1.165) is 4.90 Å². The van der Waals surface area contributed by atoms with Crippen LogP contribution in [0.4, 0.5) is 11.4 Å². The van der Waals surface area contributed by atoms with Gasteiger partial charge in [0.05, 0.1) is 9.85 Å². The highest BCUT2D eigenvalue weighted by Crippen LogP contribution is 2.26. The molecule has 122 valence electrons. The second kappa shape index (κ2) is 8.19. The van der Waals surface area contributed by atoms with Crippen LogP contribution in [0.1, 0.15) is 11.1 Å². The van der Waals surface area contributed by atoms with Gasteiger partial charge in [-0.2, -0.15) is 0 Å². The molecule has 0 saturated heterocycles. The van der Waals surface area contributed by atoms with Crippen LogP contribution in [0.15, 0.2) is 40.1 Å². The predicted octanol–water partition coefficient (Wildman–Crippen LogP) is 5.04. The monoisotopic (exact) mass is 372 g/mol. The maximum Gasteiger partial charge on any atom is 0.287 e. The maximum absolute atomic E-state index is 10.5. The van der Waals surface area contributed by atoms with Gasteiger partial charge in [-0.15, -0.1) is 25.3 Å². The van der Waals surface area contributed by atoms with Crippen molar-refractivity contribution in [3.05, 3.63) is 66.7 Å². The van der Waals surface area contributed by atoms with Crippen LogP contribution >= 0.6 is 36.9 Å². The summed E-state index contributed by atoms with van der Waals surface area (Å²) >= 11 is 13.6. The van der Waals surface area contributed by atoms with Gasteiger partial charge in [0.2, 0.25) is 0 Å². The molecule has 0 heterocycles. The Hall–Kier alpha value is -1.77. The Bertz CT molecular complexity index is 745. The molecule has 2 aromatic carbocycles. The number of nitrogens with zero attached hydrogens (tertiary/aromatic N) is 2. The van der Waals surface area contributed by atoms with Crippen LogP contribution in [0.25, 0.3) is 0 Å². The first-order valence-electron chi connectivity index (χ1n) is 6.21.